The van der Waals surface area contributed by atoms with E-state index in [0.29, 0.717) is 22.7 Å². The molecule has 0 radical (unpaired) electrons. The second-order valence-electron chi connectivity index (χ2n) is 3.85. The molecule has 0 bridgehead atoms. The highest BCUT2D eigenvalue weighted by Crippen LogP contribution is 2.27. The number of nitrogens with one attached hydrogen (secondary N) is 1. The van der Waals surface area contributed by atoms with Crippen LogP contribution in [0, 0.1) is 0 Å². The van der Waals surface area contributed by atoms with Crippen molar-refractivity contribution in [2.45, 2.75) is 0 Å². The smallest absolute Gasteiger partial charge is 0.218 e. The molecule has 0 aliphatic carbocycles. The van der Waals surface area contributed by atoms with E-state index in [1.165, 1.54) is 18.5 Å². The molecular formula is C12H14N5O2+. The number of anilines is 2. The van der Waals surface area contributed by atoms with Crippen molar-refractivity contribution in [3.63, 3.8) is 0 Å². The Morgan fingerprint density at radius 1 is 1.26 bits per heavy atom. The maximum absolute atomic E-state index is 9.49. The summed E-state index contributed by atoms with van der Waals surface area (Å²) in [5, 5.41) is 27.7. The van der Waals surface area contributed by atoms with Gasteiger partial charge in [-0.25, -0.2) is 9.97 Å². The van der Waals surface area contributed by atoms with Gasteiger partial charge in [-0.3, -0.25) is 5.41 Å². The summed E-state index contributed by atoms with van der Waals surface area (Å²) in [4.78, 5) is 7.92. The van der Waals surface area contributed by atoms with E-state index in [2.05, 4.69) is 15.3 Å². The number of nitrogen functional groups attached to an aromatic ring is 1. The molecule has 0 atom stereocenters. The van der Waals surface area contributed by atoms with Gasteiger partial charge < -0.3 is 21.3 Å². The molecule has 7 heteroatoms. The molecule has 7 N–H and O–H groups in total. The fourth-order valence-corrected chi connectivity index (χ4v) is 1.69. The molecule has 0 aliphatic heterocycles. The van der Waals surface area contributed by atoms with E-state index < -0.39 is 0 Å². The summed E-state index contributed by atoms with van der Waals surface area (Å²) in [5.41, 5.74) is 7.06. The molecule has 0 unspecified atom stereocenters. The number of hydrogen-bond acceptors (Lipinski definition) is 6. The third kappa shape index (κ3) is 2.25. The summed E-state index contributed by atoms with van der Waals surface area (Å²) in [6.45, 7) is 0. The summed E-state index contributed by atoms with van der Waals surface area (Å²) in [5.74, 6) is 0.228. The van der Waals surface area contributed by atoms with Crippen LogP contribution in [0.25, 0.3) is 0 Å². The molecule has 0 saturated heterocycles. The average molecular weight is 260 g/mol. The van der Waals surface area contributed by atoms with Crippen LogP contribution in [0.4, 0.5) is 11.6 Å². The fraction of sp³-hybridized carbons (Fsp3) is 0.0833. The number of rotatable bonds is 3. The second-order valence-corrected chi connectivity index (χ2v) is 3.85. The molecule has 98 valence electrons. The van der Waals surface area contributed by atoms with Crippen LogP contribution in [0.1, 0.15) is 11.1 Å². The van der Waals surface area contributed by atoms with Gasteiger partial charge in [0.1, 0.15) is 23.5 Å². The number of phenols is 2. The quantitative estimate of drug-likeness (QED) is 0.359. The van der Waals surface area contributed by atoms with Crippen LogP contribution < -0.4 is 16.5 Å². The Kier molecular flexibility index (Phi) is 3.19. The largest absolute Gasteiger partial charge is 0.504 e. The van der Waals surface area contributed by atoms with Gasteiger partial charge in [0.25, 0.3) is 0 Å². The Morgan fingerprint density at radius 2 is 2.00 bits per heavy atom. The SMILES string of the molecule is CNc1ncnc(N)c1C(=[NH2+])c1ccc(O)c(O)c1. The fourth-order valence-electron chi connectivity index (χ4n) is 1.69. The van der Waals surface area contributed by atoms with Crippen molar-refractivity contribution < 1.29 is 15.6 Å². The highest BCUT2D eigenvalue weighted by atomic mass is 16.3. The van der Waals surface area contributed by atoms with E-state index in [4.69, 9.17) is 11.1 Å². The lowest BCUT2D eigenvalue weighted by molar-refractivity contribution is -0.111. The maximum atomic E-state index is 9.49. The topological polar surface area (TPSA) is 130 Å². The lowest BCUT2D eigenvalue weighted by atomic mass is 10.0. The van der Waals surface area contributed by atoms with E-state index >= 15 is 0 Å². The van der Waals surface area contributed by atoms with Gasteiger partial charge in [0.2, 0.25) is 5.71 Å². The standard InChI is InChI=1S/C12H13N5O2/c1-15-12-9(11(14)16-5-17-12)10(13)6-2-3-7(18)8(19)4-6/h2-5,13,18-19H,1H3,(H3,14,15,16,17)/p+1. The molecule has 2 aromatic rings. The van der Waals surface area contributed by atoms with E-state index in [0.717, 1.165) is 0 Å². The van der Waals surface area contributed by atoms with Crippen molar-refractivity contribution in [3.8, 4) is 11.5 Å². The monoisotopic (exact) mass is 260 g/mol. The molecule has 0 amide bonds. The minimum Gasteiger partial charge on any atom is -0.504 e. The predicted octanol–water partition coefficient (Wildman–Crippen LogP) is -0.892. The lowest BCUT2D eigenvalue weighted by Gasteiger charge is -2.08. The van der Waals surface area contributed by atoms with Crippen LogP contribution >= 0.6 is 0 Å². The summed E-state index contributed by atoms with van der Waals surface area (Å²) in [6, 6.07) is 4.25. The first-order chi connectivity index (χ1) is 9.04. The molecule has 7 nitrogen and oxygen atoms in total. The normalized spacial score (nSPS) is 10.2. The van der Waals surface area contributed by atoms with Gasteiger partial charge >= 0.3 is 0 Å². The Labute approximate surface area is 109 Å². The van der Waals surface area contributed by atoms with Crippen molar-refractivity contribution in [3.05, 3.63) is 35.7 Å². The van der Waals surface area contributed by atoms with Crippen molar-refractivity contribution in [2.24, 2.45) is 0 Å². The van der Waals surface area contributed by atoms with Gasteiger partial charge in [0, 0.05) is 7.05 Å². The summed E-state index contributed by atoms with van der Waals surface area (Å²) >= 11 is 0. The summed E-state index contributed by atoms with van der Waals surface area (Å²) < 4.78 is 0. The molecule has 0 aliphatic rings. The van der Waals surface area contributed by atoms with Crippen LogP contribution in [0.3, 0.4) is 0 Å². The first-order valence-corrected chi connectivity index (χ1v) is 5.48. The first-order valence-electron chi connectivity index (χ1n) is 5.48. The Bertz CT molecular complexity index is 642. The maximum Gasteiger partial charge on any atom is 0.218 e. The van der Waals surface area contributed by atoms with E-state index in [-0.39, 0.29) is 17.3 Å². The average Bonchev–Trinajstić information content (AvgIpc) is 2.40. The van der Waals surface area contributed by atoms with E-state index in [9.17, 15) is 10.2 Å². The molecule has 2 rings (SSSR count). The van der Waals surface area contributed by atoms with Gasteiger partial charge in [-0.1, -0.05) is 0 Å². The van der Waals surface area contributed by atoms with Crippen LogP contribution in [0.2, 0.25) is 0 Å². The van der Waals surface area contributed by atoms with Gasteiger partial charge in [-0.2, -0.15) is 0 Å². The number of benzene rings is 1. The van der Waals surface area contributed by atoms with Gasteiger partial charge in [0.05, 0.1) is 5.56 Å². The van der Waals surface area contributed by atoms with Crippen molar-refractivity contribution >= 4 is 17.3 Å². The lowest BCUT2D eigenvalue weighted by Crippen LogP contribution is -2.42. The zero-order valence-corrected chi connectivity index (χ0v) is 10.3. The van der Waals surface area contributed by atoms with Gasteiger partial charge in [-0.05, 0) is 18.2 Å². The Hall–Kier alpha value is -2.83. The van der Waals surface area contributed by atoms with E-state index in [1.54, 1.807) is 13.1 Å². The number of hydrogen-bond donors (Lipinski definition) is 5. The van der Waals surface area contributed by atoms with Crippen LogP contribution in [0.5, 0.6) is 11.5 Å². The highest BCUT2D eigenvalue weighted by Gasteiger charge is 2.20. The number of phenolic OH excluding ortho intramolecular Hbond substituents is 2. The Morgan fingerprint density at radius 3 is 2.63 bits per heavy atom. The van der Waals surface area contributed by atoms with Gasteiger partial charge in [-0.15, -0.1) is 0 Å². The third-order valence-corrected chi connectivity index (χ3v) is 2.67. The number of nitrogens with zero attached hydrogens (tertiary/aromatic N) is 2. The molecular weight excluding hydrogens is 246 g/mol. The molecule has 0 saturated carbocycles. The molecule has 19 heavy (non-hydrogen) atoms. The zero-order chi connectivity index (χ0) is 14.0. The molecule has 1 heterocycles. The van der Waals surface area contributed by atoms with Gasteiger partial charge in [0.15, 0.2) is 11.5 Å². The molecule has 0 fully saturated rings. The van der Waals surface area contributed by atoms with Crippen molar-refractivity contribution in [1.82, 2.24) is 9.97 Å². The minimum absolute atomic E-state index is 0.220. The summed E-state index contributed by atoms with van der Waals surface area (Å²) in [6.07, 6.45) is 1.33. The summed E-state index contributed by atoms with van der Waals surface area (Å²) in [7, 11) is 1.69. The molecule has 1 aromatic heterocycles. The second kappa shape index (κ2) is 4.81. The van der Waals surface area contributed by atoms with Crippen molar-refractivity contribution in [1.29, 1.82) is 0 Å². The number of nitrogens with two attached hydrogens (primary N) is 2. The number of aromatic nitrogens is 2. The number of aromatic hydroxyl groups is 2. The Balaban J connectivity index is 2.52. The molecule has 0 spiro atoms. The van der Waals surface area contributed by atoms with Crippen LogP contribution in [-0.2, 0) is 0 Å². The predicted molar refractivity (Wildman–Crippen MR) is 70.9 cm³/mol. The van der Waals surface area contributed by atoms with Crippen LogP contribution in [-0.4, -0.2) is 32.9 Å². The first kappa shape index (κ1) is 12.6. The minimum atomic E-state index is -0.262. The highest BCUT2D eigenvalue weighted by molar-refractivity contribution is 6.14. The zero-order valence-electron chi connectivity index (χ0n) is 10.3. The van der Waals surface area contributed by atoms with E-state index in [1.807, 2.05) is 0 Å². The third-order valence-electron chi connectivity index (χ3n) is 2.67. The molecule has 1 aromatic carbocycles. The van der Waals surface area contributed by atoms with Crippen molar-refractivity contribution in [2.75, 3.05) is 18.1 Å². The van der Waals surface area contributed by atoms with Crippen LogP contribution in [0.15, 0.2) is 24.5 Å².